The van der Waals surface area contributed by atoms with Gasteiger partial charge in [0.1, 0.15) is 5.69 Å². The largest absolute Gasteiger partial charge is 0.441 e. The Kier molecular flexibility index (Phi) is 6.92. The molecule has 0 unspecified atom stereocenters. The van der Waals surface area contributed by atoms with Crippen LogP contribution in [-0.4, -0.2) is 46.8 Å². The molecule has 1 aliphatic rings. The molecular weight excluding hydrogens is 421 g/mol. The van der Waals surface area contributed by atoms with Gasteiger partial charge in [-0.2, -0.15) is 13.2 Å². The summed E-state index contributed by atoms with van der Waals surface area (Å²) in [5, 5.41) is 6.05. The number of halogens is 3. The number of anilines is 1. The maximum Gasteiger partial charge on any atom is 0.433 e. The Hall–Kier alpha value is -3.38. The van der Waals surface area contributed by atoms with Crippen molar-refractivity contribution < 1.29 is 32.0 Å². The first kappa shape index (κ1) is 22.3. The second-order valence-electron chi connectivity index (χ2n) is 7.00. The Morgan fingerprint density at radius 3 is 2.71 bits per heavy atom. The zero-order chi connectivity index (χ0) is 22.4. The summed E-state index contributed by atoms with van der Waals surface area (Å²) in [6.07, 6.45) is -1.87. The number of primary amides is 1. The van der Waals surface area contributed by atoms with Crippen LogP contribution in [0.5, 0.6) is 0 Å². The van der Waals surface area contributed by atoms with Crippen molar-refractivity contribution in [3.63, 3.8) is 0 Å². The minimum absolute atomic E-state index is 0.0547. The smallest absolute Gasteiger partial charge is 0.433 e. The molecule has 2 aromatic heterocycles. The lowest BCUT2D eigenvalue weighted by atomic mass is 9.94. The number of carbonyl (C=O) groups is 2. The van der Waals surface area contributed by atoms with Crippen molar-refractivity contribution in [2.24, 2.45) is 11.7 Å². The normalized spacial score (nSPS) is 15.0. The molecular formula is C18H21F3N6O4. The van der Waals surface area contributed by atoms with E-state index in [0.29, 0.717) is 32.0 Å². The fourth-order valence-electron chi connectivity index (χ4n) is 3.14. The molecule has 0 bridgehead atoms. The number of nitrogens with two attached hydrogens (primary N) is 1. The minimum Gasteiger partial charge on any atom is -0.441 e. The maximum atomic E-state index is 12.8. The topological polar surface area (TPSA) is 136 Å². The van der Waals surface area contributed by atoms with Crippen LogP contribution in [0.15, 0.2) is 22.9 Å². The van der Waals surface area contributed by atoms with Gasteiger partial charge < -0.3 is 25.2 Å². The van der Waals surface area contributed by atoms with Crippen LogP contribution in [0, 0.1) is 5.92 Å². The van der Waals surface area contributed by atoms with E-state index in [9.17, 15) is 22.8 Å². The number of alkyl carbamates (subject to hydrolysis) is 1. The molecule has 31 heavy (non-hydrogen) atoms. The zero-order valence-corrected chi connectivity index (χ0v) is 16.4. The van der Waals surface area contributed by atoms with Crippen molar-refractivity contribution in [2.75, 3.05) is 24.5 Å². The SMILES string of the molecule is NC(=O)c1cc(COC(=O)NCCC2CCN(c3nccc(C(F)(F)F)n3)CC2)on1. The summed E-state index contributed by atoms with van der Waals surface area (Å²) >= 11 is 0. The summed E-state index contributed by atoms with van der Waals surface area (Å²) in [7, 11) is 0. The molecule has 1 saturated heterocycles. The van der Waals surface area contributed by atoms with Crippen molar-refractivity contribution in [3.05, 3.63) is 35.5 Å². The molecule has 2 amide bonds. The van der Waals surface area contributed by atoms with E-state index in [1.165, 1.54) is 6.07 Å². The van der Waals surface area contributed by atoms with E-state index in [4.69, 9.17) is 15.0 Å². The summed E-state index contributed by atoms with van der Waals surface area (Å²) in [5.41, 5.74) is 4.03. The quantitative estimate of drug-likeness (QED) is 0.665. The van der Waals surface area contributed by atoms with Gasteiger partial charge >= 0.3 is 12.3 Å². The van der Waals surface area contributed by atoms with E-state index < -0.39 is 23.9 Å². The molecule has 0 aliphatic carbocycles. The highest BCUT2D eigenvalue weighted by molar-refractivity contribution is 5.90. The number of piperidine rings is 1. The summed E-state index contributed by atoms with van der Waals surface area (Å²) < 4.78 is 48.2. The lowest BCUT2D eigenvalue weighted by Gasteiger charge is -2.32. The molecule has 0 saturated carbocycles. The molecule has 0 aromatic carbocycles. The van der Waals surface area contributed by atoms with Crippen LogP contribution < -0.4 is 16.0 Å². The van der Waals surface area contributed by atoms with Gasteiger partial charge in [-0.25, -0.2) is 14.8 Å². The summed E-state index contributed by atoms with van der Waals surface area (Å²) in [6, 6.07) is 2.14. The molecule has 1 fully saturated rings. The fourth-order valence-corrected chi connectivity index (χ4v) is 3.14. The van der Waals surface area contributed by atoms with Crippen LogP contribution in [-0.2, 0) is 17.5 Å². The molecule has 13 heteroatoms. The highest BCUT2D eigenvalue weighted by atomic mass is 19.4. The molecule has 3 rings (SSSR count). The second-order valence-corrected chi connectivity index (χ2v) is 7.00. The third-order valence-electron chi connectivity index (χ3n) is 4.81. The molecule has 0 spiro atoms. The van der Waals surface area contributed by atoms with Gasteiger partial charge in [0, 0.05) is 31.9 Å². The average Bonchev–Trinajstić information content (AvgIpc) is 3.22. The van der Waals surface area contributed by atoms with Crippen molar-refractivity contribution in [2.45, 2.75) is 32.0 Å². The number of rotatable bonds is 7. The van der Waals surface area contributed by atoms with Gasteiger partial charge in [-0.3, -0.25) is 4.79 Å². The maximum absolute atomic E-state index is 12.8. The van der Waals surface area contributed by atoms with Gasteiger partial charge in [0.05, 0.1) is 0 Å². The third-order valence-corrected chi connectivity index (χ3v) is 4.81. The van der Waals surface area contributed by atoms with E-state index in [1.807, 2.05) is 0 Å². The molecule has 1 aliphatic heterocycles. The van der Waals surface area contributed by atoms with E-state index in [0.717, 1.165) is 25.1 Å². The van der Waals surface area contributed by atoms with E-state index in [2.05, 4.69) is 20.4 Å². The number of ether oxygens (including phenoxy) is 1. The second kappa shape index (κ2) is 9.62. The minimum atomic E-state index is -4.51. The number of nitrogens with one attached hydrogen (secondary N) is 1. The van der Waals surface area contributed by atoms with Gasteiger partial charge in [0.2, 0.25) is 5.95 Å². The third kappa shape index (κ3) is 6.30. The Balaban J connectivity index is 1.35. The van der Waals surface area contributed by atoms with Gasteiger partial charge in [0.25, 0.3) is 5.91 Å². The van der Waals surface area contributed by atoms with E-state index >= 15 is 0 Å². The van der Waals surface area contributed by atoms with Crippen LogP contribution >= 0.6 is 0 Å². The van der Waals surface area contributed by atoms with Crippen LogP contribution in [0.4, 0.5) is 23.9 Å². The first-order valence-electron chi connectivity index (χ1n) is 9.53. The van der Waals surface area contributed by atoms with Crippen molar-refractivity contribution in [1.29, 1.82) is 0 Å². The number of nitrogens with zero attached hydrogens (tertiary/aromatic N) is 4. The standard InChI is InChI=1S/C18H21F3N6O4/c19-18(20,21)14-2-6-23-16(25-14)27-7-3-11(4-8-27)1-5-24-17(29)30-10-12-9-13(15(22)28)26-31-12/h2,6,9,11H,1,3-5,7-8,10H2,(H2,22,28)(H,24,29). The first-order chi connectivity index (χ1) is 14.7. The number of amides is 2. The Labute approximate surface area is 174 Å². The molecule has 0 atom stereocenters. The van der Waals surface area contributed by atoms with Crippen LogP contribution in [0.2, 0.25) is 0 Å². The molecule has 2 aromatic rings. The van der Waals surface area contributed by atoms with Crippen molar-refractivity contribution in [1.82, 2.24) is 20.4 Å². The van der Waals surface area contributed by atoms with Gasteiger partial charge in [-0.1, -0.05) is 5.16 Å². The van der Waals surface area contributed by atoms with Crippen LogP contribution in [0.25, 0.3) is 0 Å². The Morgan fingerprint density at radius 2 is 2.06 bits per heavy atom. The highest BCUT2D eigenvalue weighted by Crippen LogP contribution is 2.29. The van der Waals surface area contributed by atoms with E-state index in [-0.39, 0.29) is 24.0 Å². The summed E-state index contributed by atoms with van der Waals surface area (Å²) in [5.74, 6) is -0.185. The highest BCUT2D eigenvalue weighted by Gasteiger charge is 2.33. The zero-order valence-electron chi connectivity index (χ0n) is 16.4. The van der Waals surface area contributed by atoms with Gasteiger partial charge in [-0.05, 0) is 31.2 Å². The lowest BCUT2D eigenvalue weighted by Crippen LogP contribution is -2.36. The molecule has 3 heterocycles. The van der Waals surface area contributed by atoms with Crippen molar-refractivity contribution in [3.8, 4) is 0 Å². The lowest BCUT2D eigenvalue weighted by molar-refractivity contribution is -0.141. The average molecular weight is 442 g/mol. The van der Waals surface area contributed by atoms with Crippen molar-refractivity contribution >= 4 is 17.9 Å². The molecule has 10 nitrogen and oxygen atoms in total. The number of carbonyl (C=O) groups excluding carboxylic acids is 2. The number of alkyl halides is 3. The monoisotopic (exact) mass is 442 g/mol. The molecule has 0 radical (unpaired) electrons. The van der Waals surface area contributed by atoms with E-state index in [1.54, 1.807) is 4.90 Å². The summed E-state index contributed by atoms with van der Waals surface area (Å²) in [4.78, 5) is 32.0. The predicted octanol–water partition coefficient (Wildman–Crippen LogP) is 2.12. The van der Waals surface area contributed by atoms with Crippen LogP contribution in [0.1, 0.15) is 41.2 Å². The molecule has 168 valence electrons. The van der Waals surface area contributed by atoms with Gasteiger partial charge in [0.15, 0.2) is 18.1 Å². The number of hydrogen-bond acceptors (Lipinski definition) is 8. The first-order valence-corrected chi connectivity index (χ1v) is 9.53. The van der Waals surface area contributed by atoms with Gasteiger partial charge in [-0.15, -0.1) is 0 Å². The Morgan fingerprint density at radius 1 is 1.32 bits per heavy atom. The number of aromatic nitrogens is 3. The Bertz CT molecular complexity index is 912. The predicted molar refractivity (Wildman–Crippen MR) is 99.8 cm³/mol. The summed E-state index contributed by atoms with van der Waals surface area (Å²) in [6.45, 7) is 1.25. The van der Waals surface area contributed by atoms with Crippen LogP contribution in [0.3, 0.4) is 0 Å². The number of hydrogen-bond donors (Lipinski definition) is 2. The fraction of sp³-hybridized carbons (Fsp3) is 0.500. The molecule has 3 N–H and O–H groups in total.